The number of carbonyl (C=O) groups is 1. The van der Waals surface area contributed by atoms with Crippen LogP contribution in [0.15, 0.2) is 33.5 Å². The number of anilines is 1. The molecule has 0 bridgehead atoms. The van der Waals surface area contributed by atoms with Crippen molar-refractivity contribution in [2.45, 2.75) is 29.5 Å². The first-order valence-electron chi connectivity index (χ1n) is 8.85. The second kappa shape index (κ2) is 8.44. The number of piperazine rings is 1. The summed E-state index contributed by atoms with van der Waals surface area (Å²) in [6.45, 7) is 3.61. The van der Waals surface area contributed by atoms with E-state index >= 15 is 0 Å². The molecule has 0 spiro atoms. The molecule has 1 amide bonds. The van der Waals surface area contributed by atoms with E-state index in [-0.39, 0.29) is 52.9 Å². The largest absolute Gasteiger partial charge is 0.301 e. The van der Waals surface area contributed by atoms with Gasteiger partial charge in [-0.25, -0.2) is 16.8 Å². The van der Waals surface area contributed by atoms with Gasteiger partial charge in [0.05, 0.1) is 4.90 Å². The summed E-state index contributed by atoms with van der Waals surface area (Å²) >= 11 is 0.766. The van der Waals surface area contributed by atoms with Crippen molar-refractivity contribution in [2.75, 3.05) is 31.5 Å². The summed E-state index contributed by atoms with van der Waals surface area (Å²) in [6, 6.07) is 6.53. The molecule has 1 aromatic heterocycles. The summed E-state index contributed by atoms with van der Waals surface area (Å²) in [5.41, 5.74) is 0.950. The Morgan fingerprint density at radius 2 is 1.55 bits per heavy atom. The van der Waals surface area contributed by atoms with Gasteiger partial charge >= 0.3 is 0 Å². The van der Waals surface area contributed by atoms with E-state index in [0.717, 1.165) is 16.9 Å². The number of sulfonamides is 2. The van der Waals surface area contributed by atoms with Gasteiger partial charge in [0, 0.05) is 32.6 Å². The van der Waals surface area contributed by atoms with Gasteiger partial charge in [0.2, 0.25) is 25.4 Å². The zero-order chi connectivity index (χ0) is 21.2. The Morgan fingerprint density at radius 1 is 1.00 bits per heavy atom. The van der Waals surface area contributed by atoms with Crippen molar-refractivity contribution in [3.05, 3.63) is 29.8 Å². The minimum atomic E-state index is -3.92. The number of nitrogens with one attached hydrogen (secondary N) is 1. The van der Waals surface area contributed by atoms with Gasteiger partial charge in [-0.1, -0.05) is 36.0 Å². The van der Waals surface area contributed by atoms with E-state index in [0.29, 0.717) is 0 Å². The summed E-state index contributed by atoms with van der Waals surface area (Å²) < 4.78 is 53.3. The molecule has 10 nitrogen and oxygen atoms in total. The lowest BCUT2D eigenvalue weighted by Crippen LogP contribution is -2.50. The third-order valence-electron chi connectivity index (χ3n) is 4.39. The van der Waals surface area contributed by atoms with Crippen LogP contribution in [0, 0.1) is 6.92 Å². The zero-order valence-corrected chi connectivity index (χ0v) is 18.3. The van der Waals surface area contributed by atoms with Crippen molar-refractivity contribution in [2.24, 2.45) is 0 Å². The number of aromatic nitrogens is 2. The molecule has 158 valence electrons. The average molecular weight is 460 g/mol. The summed E-state index contributed by atoms with van der Waals surface area (Å²) in [4.78, 5) is 11.6. The maximum atomic E-state index is 12.8. The lowest BCUT2D eigenvalue weighted by molar-refractivity contribution is -0.115. The van der Waals surface area contributed by atoms with E-state index in [2.05, 4.69) is 15.5 Å². The Balaban J connectivity index is 1.69. The van der Waals surface area contributed by atoms with Gasteiger partial charge in [-0.2, -0.15) is 8.61 Å². The Morgan fingerprint density at radius 3 is 2.10 bits per heavy atom. The SMILES string of the molecule is CCC(=O)Nc1nnc(S(=O)(=O)N2CCN(S(=O)(=O)c3ccc(C)cc3)CC2)s1. The first-order valence-corrected chi connectivity index (χ1v) is 12.5. The minimum Gasteiger partial charge on any atom is -0.301 e. The predicted molar refractivity (Wildman–Crippen MR) is 108 cm³/mol. The van der Waals surface area contributed by atoms with Crippen molar-refractivity contribution in [3.8, 4) is 0 Å². The fourth-order valence-corrected chi connectivity index (χ4v) is 6.59. The molecule has 1 fully saturated rings. The predicted octanol–water partition coefficient (Wildman–Crippen LogP) is 0.890. The highest BCUT2D eigenvalue weighted by Crippen LogP contribution is 2.25. The second-order valence-corrected chi connectivity index (χ2v) is 11.4. The lowest BCUT2D eigenvalue weighted by atomic mass is 10.2. The number of nitrogens with zero attached hydrogens (tertiary/aromatic N) is 4. The van der Waals surface area contributed by atoms with Gasteiger partial charge in [0.15, 0.2) is 0 Å². The van der Waals surface area contributed by atoms with Crippen molar-refractivity contribution in [3.63, 3.8) is 0 Å². The van der Waals surface area contributed by atoms with Gasteiger partial charge in [-0.05, 0) is 19.1 Å². The number of hydrogen-bond donors (Lipinski definition) is 1. The quantitative estimate of drug-likeness (QED) is 0.635. The van der Waals surface area contributed by atoms with Crippen LogP contribution in [0.5, 0.6) is 0 Å². The van der Waals surface area contributed by atoms with Gasteiger partial charge in [-0.15, -0.1) is 10.2 Å². The summed E-state index contributed by atoms with van der Waals surface area (Å²) in [6.07, 6.45) is 0.235. The molecule has 0 atom stereocenters. The molecular formula is C16H21N5O5S3. The third kappa shape index (κ3) is 4.64. The van der Waals surface area contributed by atoms with Crippen LogP contribution >= 0.6 is 11.3 Å². The van der Waals surface area contributed by atoms with Crippen molar-refractivity contribution in [1.29, 1.82) is 0 Å². The first kappa shape index (κ1) is 21.8. The van der Waals surface area contributed by atoms with E-state index in [1.165, 1.54) is 8.61 Å². The first-order chi connectivity index (χ1) is 13.6. The number of benzene rings is 1. The molecule has 29 heavy (non-hydrogen) atoms. The van der Waals surface area contributed by atoms with Crippen LogP contribution in [-0.2, 0) is 24.8 Å². The van der Waals surface area contributed by atoms with E-state index in [4.69, 9.17) is 0 Å². The van der Waals surface area contributed by atoms with E-state index in [1.807, 2.05) is 6.92 Å². The molecule has 1 saturated heterocycles. The molecule has 13 heteroatoms. The topological polar surface area (TPSA) is 130 Å². The molecule has 2 aromatic rings. The molecule has 0 aliphatic carbocycles. The minimum absolute atomic E-state index is 0.00363. The van der Waals surface area contributed by atoms with E-state index < -0.39 is 20.0 Å². The number of rotatable bonds is 6. The van der Waals surface area contributed by atoms with Crippen LogP contribution in [-0.4, -0.2) is 67.7 Å². The van der Waals surface area contributed by atoms with Crippen molar-refractivity contribution in [1.82, 2.24) is 18.8 Å². The van der Waals surface area contributed by atoms with Crippen LogP contribution in [0.4, 0.5) is 5.13 Å². The maximum Gasteiger partial charge on any atom is 0.272 e. The fraction of sp³-hybridized carbons (Fsp3) is 0.438. The number of carbonyl (C=O) groups excluding carboxylic acids is 1. The molecule has 2 heterocycles. The normalized spacial score (nSPS) is 16.6. The standard InChI is InChI=1S/C16H21N5O5S3/c1-3-14(22)17-15-18-19-16(27-15)29(25,26)21-10-8-20(9-11-21)28(23,24)13-6-4-12(2)5-7-13/h4-7H,3,8-11H2,1-2H3,(H,17,18,22). The van der Waals surface area contributed by atoms with Gasteiger partial charge in [0.25, 0.3) is 10.0 Å². The Labute approximate surface area is 173 Å². The monoisotopic (exact) mass is 459 g/mol. The van der Waals surface area contributed by atoms with Crippen LogP contribution in [0.25, 0.3) is 0 Å². The number of hydrogen-bond acceptors (Lipinski definition) is 8. The highest BCUT2D eigenvalue weighted by Gasteiger charge is 2.35. The molecule has 0 unspecified atom stereocenters. The maximum absolute atomic E-state index is 12.8. The van der Waals surface area contributed by atoms with Gasteiger partial charge in [-0.3, -0.25) is 4.79 Å². The Hall–Kier alpha value is -1.93. The van der Waals surface area contributed by atoms with Crippen molar-refractivity contribution < 1.29 is 21.6 Å². The van der Waals surface area contributed by atoms with E-state index in [1.54, 1.807) is 31.2 Å². The zero-order valence-electron chi connectivity index (χ0n) is 15.9. The Bertz CT molecular complexity index is 1090. The molecule has 0 radical (unpaired) electrons. The van der Waals surface area contributed by atoms with Crippen LogP contribution in [0.2, 0.25) is 0 Å². The number of aryl methyl sites for hydroxylation is 1. The third-order valence-corrected chi connectivity index (χ3v) is 9.39. The summed E-state index contributed by atoms with van der Waals surface area (Å²) in [7, 11) is -7.60. The molecule has 1 aromatic carbocycles. The highest BCUT2D eigenvalue weighted by atomic mass is 32.2. The van der Waals surface area contributed by atoms with E-state index in [9.17, 15) is 21.6 Å². The smallest absolute Gasteiger partial charge is 0.272 e. The molecular weight excluding hydrogens is 438 g/mol. The molecule has 1 aliphatic heterocycles. The molecule has 3 rings (SSSR count). The highest BCUT2D eigenvalue weighted by molar-refractivity contribution is 7.91. The number of amides is 1. The van der Waals surface area contributed by atoms with Gasteiger partial charge in [0.1, 0.15) is 0 Å². The molecule has 0 saturated carbocycles. The summed E-state index contributed by atoms with van der Waals surface area (Å²) in [5, 5.41) is 9.94. The van der Waals surface area contributed by atoms with Crippen LogP contribution < -0.4 is 5.32 Å². The van der Waals surface area contributed by atoms with Gasteiger partial charge < -0.3 is 5.32 Å². The fourth-order valence-electron chi connectivity index (χ4n) is 2.69. The Kier molecular flexibility index (Phi) is 6.33. The van der Waals surface area contributed by atoms with Crippen LogP contribution in [0.1, 0.15) is 18.9 Å². The van der Waals surface area contributed by atoms with Crippen LogP contribution in [0.3, 0.4) is 0 Å². The average Bonchev–Trinajstić information content (AvgIpc) is 3.17. The molecule has 1 N–H and O–H groups in total. The summed E-state index contributed by atoms with van der Waals surface area (Å²) in [5.74, 6) is -0.292. The molecule has 1 aliphatic rings. The lowest BCUT2D eigenvalue weighted by Gasteiger charge is -2.32. The van der Waals surface area contributed by atoms with Crippen molar-refractivity contribution >= 4 is 42.4 Å². The second-order valence-electron chi connectivity index (χ2n) is 6.40.